The molecule has 1 fully saturated rings. The number of hydrogen-bond acceptors (Lipinski definition) is 4. The number of aromatic nitrogens is 1. The topological polar surface area (TPSA) is 43.4 Å². The fraction of sp³-hybridized carbons (Fsp3) is 0.615. The van der Waals surface area contributed by atoms with Crippen LogP contribution in [0, 0.1) is 0 Å². The van der Waals surface area contributed by atoms with E-state index in [4.69, 9.17) is 9.47 Å². The summed E-state index contributed by atoms with van der Waals surface area (Å²) >= 11 is 0. The molecule has 1 aromatic rings. The van der Waals surface area contributed by atoms with Crippen molar-refractivity contribution in [1.29, 1.82) is 0 Å². The van der Waals surface area contributed by atoms with Gasteiger partial charge in [0.25, 0.3) is 0 Å². The zero-order valence-electron chi connectivity index (χ0n) is 10.5. The Kier molecular flexibility index (Phi) is 4.34. The van der Waals surface area contributed by atoms with Crippen LogP contribution in [-0.4, -0.2) is 31.3 Å². The molecule has 1 saturated carbocycles. The van der Waals surface area contributed by atoms with Crippen LogP contribution in [0.1, 0.15) is 24.8 Å². The largest absolute Gasteiger partial charge is 0.481 e. The standard InChI is InChI=1S/C13H20N2O2/c1-16-12-5-3-4-11(12)14-8-10-6-7-13(17-2)15-9-10/h6-7,9,11-12,14H,3-5,8H2,1-2H3. The summed E-state index contributed by atoms with van der Waals surface area (Å²) in [5.41, 5.74) is 1.17. The maximum atomic E-state index is 5.45. The Morgan fingerprint density at radius 3 is 2.88 bits per heavy atom. The molecule has 0 spiro atoms. The highest BCUT2D eigenvalue weighted by molar-refractivity contribution is 5.17. The highest BCUT2D eigenvalue weighted by Crippen LogP contribution is 2.21. The first-order valence-corrected chi connectivity index (χ1v) is 6.08. The number of nitrogens with one attached hydrogen (secondary N) is 1. The van der Waals surface area contributed by atoms with Gasteiger partial charge in [0.2, 0.25) is 5.88 Å². The van der Waals surface area contributed by atoms with Gasteiger partial charge in [-0.15, -0.1) is 0 Å². The quantitative estimate of drug-likeness (QED) is 0.846. The van der Waals surface area contributed by atoms with E-state index in [1.165, 1.54) is 18.4 Å². The van der Waals surface area contributed by atoms with Crippen molar-refractivity contribution in [1.82, 2.24) is 10.3 Å². The van der Waals surface area contributed by atoms with Gasteiger partial charge in [-0.1, -0.05) is 6.07 Å². The fourth-order valence-electron chi connectivity index (χ4n) is 2.33. The summed E-state index contributed by atoms with van der Waals surface area (Å²) < 4.78 is 10.5. The predicted octanol–water partition coefficient (Wildman–Crippen LogP) is 1.75. The third-order valence-corrected chi connectivity index (χ3v) is 3.33. The molecule has 2 atom stereocenters. The zero-order chi connectivity index (χ0) is 12.1. The van der Waals surface area contributed by atoms with Gasteiger partial charge >= 0.3 is 0 Å². The molecule has 0 amide bonds. The first-order valence-electron chi connectivity index (χ1n) is 6.08. The van der Waals surface area contributed by atoms with Crippen molar-refractivity contribution in [3.63, 3.8) is 0 Å². The molecular weight excluding hydrogens is 216 g/mol. The van der Waals surface area contributed by atoms with Crippen LogP contribution in [0.5, 0.6) is 5.88 Å². The van der Waals surface area contributed by atoms with E-state index >= 15 is 0 Å². The van der Waals surface area contributed by atoms with Crippen molar-refractivity contribution in [3.05, 3.63) is 23.9 Å². The lowest BCUT2D eigenvalue weighted by atomic mass is 10.2. The monoisotopic (exact) mass is 236 g/mol. The first-order chi connectivity index (χ1) is 8.33. The molecule has 0 radical (unpaired) electrons. The van der Waals surface area contributed by atoms with E-state index in [0.717, 1.165) is 13.0 Å². The zero-order valence-corrected chi connectivity index (χ0v) is 10.5. The van der Waals surface area contributed by atoms with Crippen LogP contribution in [0.15, 0.2) is 18.3 Å². The summed E-state index contributed by atoms with van der Waals surface area (Å²) in [6, 6.07) is 4.40. The molecule has 2 unspecified atom stereocenters. The lowest BCUT2D eigenvalue weighted by Crippen LogP contribution is -2.36. The molecule has 1 N–H and O–H groups in total. The summed E-state index contributed by atoms with van der Waals surface area (Å²) in [5.74, 6) is 0.657. The maximum absolute atomic E-state index is 5.45. The van der Waals surface area contributed by atoms with E-state index in [2.05, 4.69) is 10.3 Å². The van der Waals surface area contributed by atoms with E-state index in [-0.39, 0.29) is 0 Å². The van der Waals surface area contributed by atoms with Gasteiger partial charge in [-0.2, -0.15) is 0 Å². The van der Waals surface area contributed by atoms with Crippen molar-refractivity contribution in [2.24, 2.45) is 0 Å². The maximum Gasteiger partial charge on any atom is 0.212 e. The summed E-state index contributed by atoms with van der Waals surface area (Å²) in [7, 11) is 3.42. The molecular formula is C13H20N2O2. The van der Waals surface area contributed by atoms with Crippen LogP contribution in [-0.2, 0) is 11.3 Å². The second kappa shape index (κ2) is 5.98. The molecule has 0 saturated heterocycles. The van der Waals surface area contributed by atoms with Crippen molar-refractivity contribution >= 4 is 0 Å². The Bertz CT molecular complexity index is 340. The Hall–Kier alpha value is -1.13. The third kappa shape index (κ3) is 3.17. The Morgan fingerprint density at radius 1 is 1.35 bits per heavy atom. The van der Waals surface area contributed by atoms with E-state index in [9.17, 15) is 0 Å². The summed E-state index contributed by atoms with van der Waals surface area (Å²) in [6.07, 6.45) is 5.82. The Labute approximate surface area is 102 Å². The van der Waals surface area contributed by atoms with E-state index < -0.39 is 0 Å². The number of hydrogen-bond donors (Lipinski definition) is 1. The van der Waals surface area contributed by atoms with Crippen molar-refractivity contribution < 1.29 is 9.47 Å². The molecule has 0 bridgehead atoms. The van der Waals surface area contributed by atoms with E-state index in [1.807, 2.05) is 18.3 Å². The normalized spacial score (nSPS) is 23.9. The Morgan fingerprint density at radius 2 is 2.24 bits per heavy atom. The summed E-state index contributed by atoms with van der Waals surface area (Å²) in [5, 5.41) is 3.53. The van der Waals surface area contributed by atoms with Crippen LogP contribution in [0.3, 0.4) is 0 Å². The number of nitrogens with zero attached hydrogens (tertiary/aromatic N) is 1. The molecule has 17 heavy (non-hydrogen) atoms. The molecule has 0 aliphatic heterocycles. The van der Waals surface area contributed by atoms with Crippen molar-refractivity contribution in [3.8, 4) is 5.88 Å². The lowest BCUT2D eigenvalue weighted by Gasteiger charge is -2.19. The number of rotatable bonds is 5. The molecule has 1 aliphatic carbocycles. The van der Waals surface area contributed by atoms with Crippen LogP contribution in [0.4, 0.5) is 0 Å². The number of ether oxygens (including phenoxy) is 2. The molecule has 94 valence electrons. The van der Waals surface area contributed by atoms with Crippen LogP contribution < -0.4 is 10.1 Å². The predicted molar refractivity (Wildman–Crippen MR) is 66.1 cm³/mol. The van der Waals surface area contributed by atoms with Gasteiger partial charge < -0.3 is 14.8 Å². The van der Waals surface area contributed by atoms with Gasteiger partial charge in [-0.05, 0) is 24.8 Å². The molecule has 1 aromatic heterocycles. The number of pyridine rings is 1. The van der Waals surface area contributed by atoms with E-state index in [0.29, 0.717) is 18.0 Å². The van der Waals surface area contributed by atoms with Crippen LogP contribution in [0.2, 0.25) is 0 Å². The van der Waals surface area contributed by atoms with Crippen molar-refractivity contribution in [2.75, 3.05) is 14.2 Å². The molecule has 4 nitrogen and oxygen atoms in total. The second-order valence-corrected chi connectivity index (χ2v) is 4.40. The average molecular weight is 236 g/mol. The lowest BCUT2D eigenvalue weighted by molar-refractivity contribution is 0.0847. The Balaban J connectivity index is 1.84. The minimum Gasteiger partial charge on any atom is -0.481 e. The van der Waals surface area contributed by atoms with Gasteiger partial charge in [-0.3, -0.25) is 0 Å². The van der Waals surface area contributed by atoms with Gasteiger partial charge in [0, 0.05) is 32.0 Å². The highest BCUT2D eigenvalue weighted by atomic mass is 16.5. The summed E-state index contributed by atoms with van der Waals surface area (Å²) in [4.78, 5) is 4.19. The minimum atomic E-state index is 0.362. The molecule has 2 rings (SSSR count). The summed E-state index contributed by atoms with van der Waals surface area (Å²) in [6.45, 7) is 0.835. The highest BCUT2D eigenvalue weighted by Gasteiger charge is 2.26. The van der Waals surface area contributed by atoms with Gasteiger partial charge in [0.1, 0.15) is 0 Å². The first kappa shape index (κ1) is 12.3. The van der Waals surface area contributed by atoms with Gasteiger partial charge in [0.15, 0.2) is 0 Å². The number of methoxy groups -OCH3 is 2. The second-order valence-electron chi connectivity index (χ2n) is 4.40. The molecule has 1 aliphatic rings. The average Bonchev–Trinajstić information content (AvgIpc) is 2.84. The molecule has 1 heterocycles. The van der Waals surface area contributed by atoms with Crippen molar-refractivity contribution in [2.45, 2.75) is 38.0 Å². The van der Waals surface area contributed by atoms with Crippen LogP contribution in [0.25, 0.3) is 0 Å². The minimum absolute atomic E-state index is 0.362. The van der Waals surface area contributed by atoms with Crippen LogP contribution >= 0.6 is 0 Å². The smallest absolute Gasteiger partial charge is 0.212 e. The molecule has 0 aromatic carbocycles. The third-order valence-electron chi connectivity index (χ3n) is 3.33. The van der Waals surface area contributed by atoms with Gasteiger partial charge in [0.05, 0.1) is 13.2 Å². The van der Waals surface area contributed by atoms with E-state index in [1.54, 1.807) is 14.2 Å². The SMILES string of the molecule is COc1ccc(CNC2CCCC2OC)cn1. The fourth-order valence-corrected chi connectivity index (χ4v) is 2.33. The molecule has 4 heteroatoms. The van der Waals surface area contributed by atoms with Gasteiger partial charge in [-0.25, -0.2) is 4.98 Å².